The number of nitrogens with one attached hydrogen (secondary N) is 5. The standard InChI is InChI=1S/C43H68N8O16/c52-22-4-2-1-3-13-45-38(57)32-67-33-43(62)49(21-15-46-37(56)12-24-64-28-30-66-26-17-48-36(55)10-19-51-41(60)7-8-42(51)61)20-14-44-31-34(53)11-23-63-27-29-65-25-16-47-35(54)9-18-50-39(58)5-6-40(50)59/h5-8,44,52H,1-4,9-33H2,(H,45,57)(H,46,56)(H,47,54)(H,48,55). The fourth-order valence-corrected chi connectivity index (χ4v) is 5.93. The minimum atomic E-state index is -0.447. The largest absolute Gasteiger partial charge is 0.396 e. The van der Waals surface area contributed by atoms with Gasteiger partial charge in [0.25, 0.3) is 23.6 Å². The van der Waals surface area contributed by atoms with Crippen LogP contribution < -0.4 is 26.6 Å². The molecule has 0 saturated heterocycles. The highest BCUT2D eigenvalue weighted by atomic mass is 16.5. The number of aliphatic hydroxyl groups is 1. The summed E-state index contributed by atoms with van der Waals surface area (Å²) in [6, 6.07) is 0. The van der Waals surface area contributed by atoms with Gasteiger partial charge in [-0.15, -0.1) is 0 Å². The van der Waals surface area contributed by atoms with Crippen molar-refractivity contribution in [2.24, 2.45) is 0 Å². The number of imide groups is 2. The van der Waals surface area contributed by atoms with Crippen LogP contribution in [0, 0.1) is 0 Å². The maximum absolute atomic E-state index is 13.1. The number of rotatable bonds is 42. The van der Waals surface area contributed by atoms with Gasteiger partial charge in [-0.1, -0.05) is 12.8 Å². The average Bonchev–Trinajstić information content (AvgIpc) is 3.81. The number of hydrogen-bond acceptors (Lipinski definition) is 17. The van der Waals surface area contributed by atoms with Gasteiger partial charge in [-0.25, -0.2) is 0 Å². The van der Waals surface area contributed by atoms with Gasteiger partial charge < -0.3 is 60.3 Å². The topological polar surface area (TPSA) is 307 Å². The Hall–Kier alpha value is -5.50. The molecule has 2 aliphatic rings. The van der Waals surface area contributed by atoms with Crippen LogP contribution in [0.2, 0.25) is 0 Å². The summed E-state index contributed by atoms with van der Waals surface area (Å²) in [6.45, 7) is 2.66. The van der Waals surface area contributed by atoms with E-state index in [9.17, 15) is 47.9 Å². The van der Waals surface area contributed by atoms with Gasteiger partial charge in [-0.05, 0) is 12.8 Å². The van der Waals surface area contributed by atoms with Gasteiger partial charge in [-0.2, -0.15) is 0 Å². The van der Waals surface area contributed by atoms with E-state index in [4.69, 9.17) is 28.8 Å². The van der Waals surface area contributed by atoms with E-state index in [1.54, 1.807) is 0 Å². The van der Waals surface area contributed by atoms with Crippen LogP contribution >= 0.6 is 0 Å². The molecule has 0 aromatic carbocycles. The molecule has 0 spiro atoms. The lowest BCUT2D eigenvalue weighted by molar-refractivity contribution is -0.139. The molecule has 0 bridgehead atoms. The van der Waals surface area contributed by atoms with Crippen LogP contribution in [-0.2, 0) is 71.6 Å². The Morgan fingerprint density at radius 3 is 1.49 bits per heavy atom. The number of carbonyl (C=O) groups excluding carboxylic acids is 10. The Morgan fingerprint density at radius 1 is 0.478 bits per heavy atom. The monoisotopic (exact) mass is 952 g/mol. The molecule has 67 heavy (non-hydrogen) atoms. The maximum Gasteiger partial charge on any atom is 0.253 e. The first-order chi connectivity index (χ1) is 32.4. The molecular formula is C43H68N8O16. The molecule has 2 aliphatic heterocycles. The van der Waals surface area contributed by atoms with Gasteiger partial charge in [-0.3, -0.25) is 57.7 Å². The second-order valence-corrected chi connectivity index (χ2v) is 14.9. The molecule has 2 heterocycles. The van der Waals surface area contributed by atoms with Gasteiger partial charge in [0.2, 0.25) is 29.5 Å². The number of nitrogens with zero attached hydrogens (tertiary/aromatic N) is 3. The molecule has 0 fully saturated rings. The first-order valence-corrected chi connectivity index (χ1v) is 22.5. The molecule has 376 valence electrons. The summed E-state index contributed by atoms with van der Waals surface area (Å²) in [4.78, 5) is 124. The highest BCUT2D eigenvalue weighted by molar-refractivity contribution is 6.13. The Balaban J connectivity index is 1.57. The minimum Gasteiger partial charge on any atom is -0.396 e. The lowest BCUT2D eigenvalue weighted by Gasteiger charge is -2.23. The van der Waals surface area contributed by atoms with Crippen molar-refractivity contribution in [3.8, 4) is 0 Å². The van der Waals surface area contributed by atoms with E-state index in [1.165, 1.54) is 4.90 Å². The maximum atomic E-state index is 13.1. The number of carbonyl (C=O) groups is 10. The van der Waals surface area contributed by atoms with Crippen molar-refractivity contribution in [2.75, 3.05) is 138 Å². The molecule has 0 aromatic heterocycles. The van der Waals surface area contributed by atoms with E-state index in [0.717, 1.165) is 53.4 Å². The summed E-state index contributed by atoms with van der Waals surface area (Å²) in [6.07, 6.45) is 7.96. The number of amides is 9. The molecular weight excluding hydrogens is 885 g/mol. The van der Waals surface area contributed by atoms with Gasteiger partial charge in [0.05, 0.1) is 59.4 Å². The summed E-state index contributed by atoms with van der Waals surface area (Å²) in [5.74, 6) is -3.65. The lowest BCUT2D eigenvalue weighted by Crippen LogP contribution is -2.44. The van der Waals surface area contributed by atoms with E-state index in [1.807, 2.05) is 0 Å². The van der Waals surface area contributed by atoms with Crippen molar-refractivity contribution in [3.63, 3.8) is 0 Å². The molecule has 24 heteroatoms. The van der Waals surface area contributed by atoms with E-state index in [-0.39, 0.29) is 187 Å². The van der Waals surface area contributed by atoms with E-state index in [0.29, 0.717) is 13.0 Å². The number of aliphatic hydroxyl groups excluding tert-OH is 1. The second kappa shape index (κ2) is 36.6. The van der Waals surface area contributed by atoms with Gasteiger partial charge >= 0.3 is 0 Å². The van der Waals surface area contributed by atoms with Crippen LogP contribution in [-0.4, -0.2) is 217 Å². The molecule has 2 rings (SSSR count). The number of ether oxygens (including phenoxy) is 5. The van der Waals surface area contributed by atoms with E-state index < -0.39 is 29.5 Å². The fourth-order valence-electron chi connectivity index (χ4n) is 5.93. The minimum absolute atomic E-state index is 0.00213. The zero-order valence-corrected chi connectivity index (χ0v) is 38.2. The second-order valence-electron chi connectivity index (χ2n) is 14.9. The first-order valence-electron chi connectivity index (χ1n) is 22.5. The molecule has 0 atom stereocenters. The van der Waals surface area contributed by atoms with Crippen molar-refractivity contribution in [3.05, 3.63) is 24.3 Å². The Bertz CT molecular complexity index is 1630. The molecule has 0 aliphatic carbocycles. The zero-order valence-electron chi connectivity index (χ0n) is 38.2. The highest BCUT2D eigenvalue weighted by Gasteiger charge is 2.24. The fraction of sp³-hybridized carbons (Fsp3) is 0.674. The smallest absolute Gasteiger partial charge is 0.253 e. The highest BCUT2D eigenvalue weighted by Crippen LogP contribution is 2.05. The van der Waals surface area contributed by atoms with Crippen molar-refractivity contribution in [2.45, 2.75) is 51.4 Å². The summed E-state index contributed by atoms with van der Waals surface area (Å²) >= 11 is 0. The number of unbranched alkanes of at least 4 members (excludes halogenated alkanes) is 3. The van der Waals surface area contributed by atoms with Crippen molar-refractivity contribution in [1.82, 2.24) is 41.3 Å². The molecule has 0 radical (unpaired) electrons. The van der Waals surface area contributed by atoms with Crippen molar-refractivity contribution < 1.29 is 76.7 Å². The van der Waals surface area contributed by atoms with Crippen LogP contribution in [0.15, 0.2) is 24.3 Å². The van der Waals surface area contributed by atoms with Crippen molar-refractivity contribution in [1.29, 1.82) is 0 Å². The zero-order chi connectivity index (χ0) is 48.9. The van der Waals surface area contributed by atoms with Gasteiger partial charge in [0, 0.05) is 115 Å². The summed E-state index contributed by atoms with van der Waals surface area (Å²) in [5.41, 5.74) is 0. The predicted molar refractivity (Wildman–Crippen MR) is 236 cm³/mol. The van der Waals surface area contributed by atoms with Gasteiger partial charge in [0.15, 0.2) is 0 Å². The van der Waals surface area contributed by atoms with Gasteiger partial charge in [0.1, 0.15) is 19.0 Å². The van der Waals surface area contributed by atoms with Crippen LogP contribution in [0.5, 0.6) is 0 Å². The lowest BCUT2D eigenvalue weighted by atomic mass is 10.2. The number of hydrogen-bond donors (Lipinski definition) is 6. The quantitative estimate of drug-likeness (QED) is 0.0255. The van der Waals surface area contributed by atoms with Crippen LogP contribution in [0.1, 0.15) is 51.4 Å². The molecule has 24 nitrogen and oxygen atoms in total. The third-order valence-corrected chi connectivity index (χ3v) is 9.61. The normalized spacial score (nSPS) is 13.1. The van der Waals surface area contributed by atoms with E-state index >= 15 is 0 Å². The number of ketones is 1. The Labute approximate surface area is 390 Å². The molecule has 0 unspecified atom stereocenters. The Kier molecular flexibility index (Phi) is 31.5. The Morgan fingerprint density at radius 2 is 0.940 bits per heavy atom. The predicted octanol–water partition coefficient (Wildman–Crippen LogP) is -3.52. The van der Waals surface area contributed by atoms with E-state index in [2.05, 4.69) is 26.6 Å². The third kappa shape index (κ3) is 28.3. The summed E-state index contributed by atoms with van der Waals surface area (Å²) in [7, 11) is 0. The van der Waals surface area contributed by atoms with Crippen LogP contribution in [0.4, 0.5) is 0 Å². The molecule has 0 aromatic rings. The van der Waals surface area contributed by atoms with Crippen LogP contribution in [0.25, 0.3) is 0 Å². The van der Waals surface area contributed by atoms with Crippen LogP contribution in [0.3, 0.4) is 0 Å². The molecule has 0 saturated carbocycles. The number of Topliss-reactive ketones (excluding diaryl/α,β-unsaturated/α-hetero) is 1. The summed E-state index contributed by atoms with van der Waals surface area (Å²) in [5, 5.41) is 22.6. The average molecular weight is 953 g/mol. The SMILES string of the molecule is O=C(CCOCCOCCNC(=O)CCN1C(=O)C=CC1=O)CNCCN(CCNC(=O)CCOCCOCCNC(=O)CCN1C(=O)C=CC1=O)C(=O)COCC(=O)NCCCCCCO. The first kappa shape index (κ1) is 57.6. The third-order valence-electron chi connectivity index (χ3n) is 9.61. The van der Waals surface area contributed by atoms with Crippen molar-refractivity contribution >= 4 is 58.9 Å². The molecule has 9 amide bonds. The summed E-state index contributed by atoms with van der Waals surface area (Å²) < 4.78 is 27.1. The molecule has 6 N–H and O–H groups in total.